The van der Waals surface area contributed by atoms with Crippen LogP contribution in [0.15, 0.2) is 34.8 Å². The van der Waals surface area contributed by atoms with Crippen LogP contribution in [-0.4, -0.2) is 4.98 Å². The first kappa shape index (κ1) is 19.5. The third-order valence-electron chi connectivity index (χ3n) is 2.82. The average molecular weight is 457 g/mol. The first-order valence-corrected chi connectivity index (χ1v) is 7.10. The van der Waals surface area contributed by atoms with Crippen LogP contribution in [0.3, 0.4) is 0 Å². The van der Waals surface area contributed by atoms with Gasteiger partial charge >= 0.3 is 118 Å². The Balaban J connectivity index is 0.00000108. The smallest absolute Gasteiger partial charge is 1.00 e. The Morgan fingerprint density at radius 1 is 1.00 bits per heavy atom. The molecule has 1 aromatic heterocycles. The largest absolute Gasteiger partial charge is 1.00 e. The summed E-state index contributed by atoms with van der Waals surface area (Å²) in [6, 6.07) is 11.0. The fourth-order valence-corrected chi connectivity index (χ4v) is 3.33. The molecule has 0 saturated heterocycles. The predicted molar refractivity (Wildman–Crippen MR) is 67.9 cm³/mol. The van der Waals surface area contributed by atoms with Crippen molar-refractivity contribution in [2.24, 2.45) is 0 Å². The van der Waals surface area contributed by atoms with Gasteiger partial charge in [0.15, 0.2) is 0 Å². The van der Waals surface area contributed by atoms with Crippen LogP contribution in [-0.2, 0) is 24.7 Å². The van der Waals surface area contributed by atoms with Crippen molar-refractivity contribution in [3.8, 4) is 0 Å². The van der Waals surface area contributed by atoms with Crippen LogP contribution < -0.4 is 40.6 Å². The van der Waals surface area contributed by atoms with E-state index in [1.165, 1.54) is 59.8 Å². The number of aromatic amines is 1. The second kappa shape index (κ2) is 7.47. The summed E-state index contributed by atoms with van der Waals surface area (Å²) in [6.45, 7) is 2.14. The molecule has 2 aromatic carbocycles. The number of halogens is 4. The Morgan fingerprint density at radius 2 is 1.68 bits per heavy atom. The molecule has 0 spiro atoms. The summed E-state index contributed by atoms with van der Waals surface area (Å²) < 4.78 is 2.47. The number of pyridine rings is 1. The van der Waals surface area contributed by atoms with Crippen LogP contribution >= 0.6 is 15.9 Å². The number of fused-ring (bicyclic) bond motifs is 2. The average Bonchev–Trinajstić information content (AvgIpc) is 2.59. The van der Waals surface area contributed by atoms with Gasteiger partial charge < -0.3 is 37.2 Å². The molecular formula is C13H9BrCl3NZr. The van der Waals surface area contributed by atoms with Crippen molar-refractivity contribution in [2.75, 3.05) is 0 Å². The Hall–Kier alpha value is 0.473. The molecule has 1 N–H and O–H groups in total. The second-order valence-electron chi connectivity index (χ2n) is 4.06. The van der Waals surface area contributed by atoms with Crippen LogP contribution in [0.4, 0.5) is 0 Å². The molecule has 3 rings (SSSR count). The summed E-state index contributed by atoms with van der Waals surface area (Å²) in [7, 11) is 0. The van der Waals surface area contributed by atoms with Gasteiger partial charge in [0.05, 0.1) is 0 Å². The van der Waals surface area contributed by atoms with E-state index in [9.17, 15) is 0 Å². The van der Waals surface area contributed by atoms with Crippen molar-refractivity contribution in [3.05, 3.63) is 40.4 Å². The van der Waals surface area contributed by atoms with Gasteiger partial charge in [0.25, 0.3) is 0 Å². The van der Waals surface area contributed by atoms with Gasteiger partial charge in [-0.2, -0.15) is 0 Å². The molecule has 6 heteroatoms. The fourth-order valence-electron chi connectivity index (χ4n) is 2.10. The summed E-state index contributed by atoms with van der Waals surface area (Å²) in [6.07, 6.45) is 0. The van der Waals surface area contributed by atoms with E-state index in [4.69, 9.17) is 0 Å². The third-order valence-corrected chi connectivity index (χ3v) is 4.39. The Kier molecular flexibility index (Phi) is 7.66. The molecule has 1 nitrogen and oxygen atoms in total. The van der Waals surface area contributed by atoms with Crippen molar-refractivity contribution < 1.29 is 61.9 Å². The maximum Gasteiger partial charge on any atom is -1.00 e. The maximum atomic E-state index is 3.71. The quantitative estimate of drug-likeness (QED) is 0.348. The molecule has 0 bridgehead atoms. The molecule has 98 valence electrons. The fraction of sp³-hybridized carbons (Fsp3) is 0.0769. The number of rotatable bonds is 0. The second-order valence-corrected chi connectivity index (χ2v) is 6.18. The monoisotopic (exact) mass is 453 g/mol. The Bertz CT molecular complexity index is 712. The molecule has 0 amide bonds. The normalized spacial score (nSPS) is 9.68. The first-order chi connectivity index (χ1) is 7.65. The zero-order valence-electron chi connectivity index (χ0n) is 9.90. The number of aromatic nitrogens is 1. The van der Waals surface area contributed by atoms with Gasteiger partial charge in [0.2, 0.25) is 0 Å². The van der Waals surface area contributed by atoms with Crippen LogP contribution in [0, 0.1) is 6.92 Å². The van der Waals surface area contributed by atoms with Gasteiger partial charge in [-0.15, -0.1) is 0 Å². The molecule has 1 heterocycles. The number of hydrogen-bond donors (Lipinski definition) is 1. The van der Waals surface area contributed by atoms with E-state index in [1.807, 2.05) is 0 Å². The molecular weight excluding hydrogens is 448 g/mol. The van der Waals surface area contributed by atoms with Gasteiger partial charge in [-0.3, -0.25) is 0 Å². The van der Waals surface area contributed by atoms with Crippen molar-refractivity contribution in [1.29, 1.82) is 0 Å². The maximum absolute atomic E-state index is 3.71. The van der Waals surface area contributed by atoms with Crippen molar-refractivity contribution >= 4 is 41.0 Å². The number of H-pyrrole nitrogens is 1. The van der Waals surface area contributed by atoms with Gasteiger partial charge in [-0.05, 0) is 0 Å². The number of benzene rings is 1. The van der Waals surface area contributed by atoms with E-state index in [0.29, 0.717) is 0 Å². The van der Waals surface area contributed by atoms with Gasteiger partial charge in [-0.25, -0.2) is 0 Å². The van der Waals surface area contributed by atoms with Gasteiger partial charge in [-0.1, -0.05) is 0 Å². The molecule has 0 saturated carbocycles. The minimum atomic E-state index is 0. The molecule has 0 fully saturated rings. The molecule has 0 aliphatic carbocycles. The topological polar surface area (TPSA) is 15.8 Å². The SMILES string of the molecule is Cc1cc2cc3[nH][c]([Zr+3])ccc3c(Br)c2c1.[Cl-].[Cl-].[Cl-]. The van der Waals surface area contributed by atoms with E-state index in [-0.39, 0.29) is 37.2 Å². The standard InChI is InChI=1S/C13H9BrN.3ClH.Zr/c1-8-5-9-7-12-10(3-2-4-15-12)13(14)11(9)6-8;;;;/h2-3,5-7,15H,1H3;3*1H;/q;;;;+3/p-3. The van der Waals surface area contributed by atoms with E-state index in [1.54, 1.807) is 0 Å². The molecule has 19 heavy (non-hydrogen) atoms. The molecule has 0 aliphatic rings. The predicted octanol–water partition coefficient (Wildman–Crippen LogP) is -5.42. The Labute approximate surface area is 154 Å². The van der Waals surface area contributed by atoms with Crippen molar-refractivity contribution in [2.45, 2.75) is 6.92 Å². The Morgan fingerprint density at radius 3 is 2.37 bits per heavy atom. The molecule has 0 atom stereocenters. The first-order valence-electron chi connectivity index (χ1n) is 5.08. The zero-order chi connectivity index (χ0) is 11.3. The van der Waals surface area contributed by atoms with Crippen LogP contribution in [0.5, 0.6) is 0 Å². The van der Waals surface area contributed by atoms with Gasteiger partial charge in [0, 0.05) is 0 Å². The van der Waals surface area contributed by atoms with E-state index < -0.39 is 0 Å². The molecule has 0 radical (unpaired) electrons. The van der Waals surface area contributed by atoms with Crippen LogP contribution in [0.25, 0.3) is 21.7 Å². The summed E-state index contributed by atoms with van der Waals surface area (Å²) in [5.41, 5.74) is 2.52. The van der Waals surface area contributed by atoms with Crippen molar-refractivity contribution in [1.82, 2.24) is 4.98 Å². The van der Waals surface area contributed by atoms with Crippen LogP contribution in [0.1, 0.15) is 5.56 Å². The third kappa shape index (κ3) is 3.57. The molecule has 3 aromatic rings. The van der Waals surface area contributed by atoms with E-state index >= 15 is 0 Å². The van der Waals surface area contributed by atoms with Crippen molar-refractivity contribution in [3.63, 3.8) is 0 Å². The number of nitrogens with one attached hydrogen (secondary N) is 1. The van der Waals surface area contributed by atoms with Crippen LogP contribution in [0.2, 0.25) is 0 Å². The molecule has 0 unspecified atom stereocenters. The minimum absolute atomic E-state index is 0. The zero-order valence-corrected chi connectivity index (χ0v) is 16.2. The summed E-state index contributed by atoms with van der Waals surface area (Å²) >= 11 is 5.12. The summed E-state index contributed by atoms with van der Waals surface area (Å²) in [5, 5.41) is 3.86. The van der Waals surface area contributed by atoms with E-state index in [2.05, 4.69) is 58.2 Å². The minimum Gasteiger partial charge on any atom is -1.00 e. The molecule has 0 aliphatic heterocycles. The van der Waals surface area contributed by atoms with Gasteiger partial charge in [0.1, 0.15) is 0 Å². The number of aryl methyl sites for hydroxylation is 1. The summed E-state index contributed by atoms with van der Waals surface area (Å²) in [4.78, 5) is 3.44. The number of hydrogen-bond acceptors (Lipinski definition) is 0. The van der Waals surface area contributed by atoms with E-state index in [0.717, 1.165) is 0 Å². The summed E-state index contributed by atoms with van der Waals surface area (Å²) in [5.74, 6) is 0.